The number of rotatable bonds is 3. The zero-order valence-electron chi connectivity index (χ0n) is 12.3. The summed E-state index contributed by atoms with van der Waals surface area (Å²) in [6.45, 7) is 0. The molecule has 0 radical (unpaired) electrons. The van der Waals surface area contributed by atoms with Gasteiger partial charge in [0.1, 0.15) is 11.5 Å². The van der Waals surface area contributed by atoms with Crippen molar-refractivity contribution in [1.29, 1.82) is 0 Å². The second kappa shape index (κ2) is 5.88. The highest BCUT2D eigenvalue weighted by atomic mass is 16.5. The molecule has 0 heterocycles. The van der Waals surface area contributed by atoms with Crippen molar-refractivity contribution >= 4 is 17.4 Å². The summed E-state index contributed by atoms with van der Waals surface area (Å²) in [5, 5.41) is 2.96. The number of methoxy groups -OCH3 is 1. The molecule has 4 heteroatoms. The smallest absolute Gasteiger partial charge is 0.227 e. The molecule has 2 aliphatic carbocycles. The third-order valence-corrected chi connectivity index (χ3v) is 4.76. The molecular weight excluding hydrogens is 266 g/mol. The summed E-state index contributed by atoms with van der Waals surface area (Å²) < 4.78 is 5.16. The predicted octanol–water partition coefficient (Wildman–Crippen LogP) is 3.03. The maximum atomic E-state index is 12.4. The first-order valence-corrected chi connectivity index (χ1v) is 7.66. The first kappa shape index (κ1) is 14.1. The molecule has 21 heavy (non-hydrogen) atoms. The predicted molar refractivity (Wildman–Crippen MR) is 80.2 cm³/mol. The van der Waals surface area contributed by atoms with Crippen LogP contribution in [0.4, 0.5) is 5.69 Å². The number of nitrogens with one attached hydrogen (secondary N) is 1. The van der Waals surface area contributed by atoms with Gasteiger partial charge >= 0.3 is 0 Å². The zero-order valence-corrected chi connectivity index (χ0v) is 12.3. The quantitative estimate of drug-likeness (QED) is 0.929. The number of ketones is 1. The Morgan fingerprint density at radius 1 is 1.24 bits per heavy atom. The average molecular weight is 287 g/mol. The van der Waals surface area contributed by atoms with Crippen LogP contribution in [0, 0.1) is 17.8 Å². The number of anilines is 1. The van der Waals surface area contributed by atoms with Crippen molar-refractivity contribution in [2.24, 2.45) is 17.8 Å². The van der Waals surface area contributed by atoms with Gasteiger partial charge in [-0.05, 0) is 37.8 Å². The van der Waals surface area contributed by atoms with E-state index in [4.69, 9.17) is 4.74 Å². The lowest BCUT2D eigenvalue weighted by atomic mass is 9.67. The summed E-state index contributed by atoms with van der Waals surface area (Å²) in [5.41, 5.74) is 0.751. The average Bonchev–Trinajstić information content (AvgIpc) is 2.47. The van der Waals surface area contributed by atoms with Gasteiger partial charge in [-0.25, -0.2) is 0 Å². The van der Waals surface area contributed by atoms with E-state index in [1.165, 1.54) is 0 Å². The van der Waals surface area contributed by atoms with Crippen molar-refractivity contribution in [3.8, 4) is 5.75 Å². The van der Waals surface area contributed by atoms with Gasteiger partial charge in [0.05, 0.1) is 7.11 Å². The summed E-state index contributed by atoms with van der Waals surface area (Å²) in [6, 6.07) is 7.37. The van der Waals surface area contributed by atoms with Gasteiger partial charge in [0, 0.05) is 29.5 Å². The van der Waals surface area contributed by atoms with E-state index in [1.807, 2.05) is 24.3 Å². The van der Waals surface area contributed by atoms with Crippen LogP contribution in [0.15, 0.2) is 24.3 Å². The Morgan fingerprint density at radius 3 is 2.62 bits per heavy atom. The zero-order chi connectivity index (χ0) is 14.8. The second-order valence-electron chi connectivity index (χ2n) is 6.12. The molecule has 2 bridgehead atoms. The number of fused-ring (bicyclic) bond motifs is 2. The molecule has 2 saturated carbocycles. The lowest BCUT2D eigenvalue weighted by molar-refractivity contribution is -0.136. The van der Waals surface area contributed by atoms with Gasteiger partial charge in [0.2, 0.25) is 5.91 Å². The largest absolute Gasteiger partial charge is 0.497 e. The maximum absolute atomic E-state index is 12.4. The third kappa shape index (κ3) is 2.94. The highest BCUT2D eigenvalue weighted by Gasteiger charge is 2.41. The molecule has 1 amide bonds. The topological polar surface area (TPSA) is 55.4 Å². The number of benzene rings is 1. The molecule has 0 spiro atoms. The van der Waals surface area contributed by atoms with Crippen LogP contribution in [-0.2, 0) is 9.59 Å². The van der Waals surface area contributed by atoms with Crippen LogP contribution < -0.4 is 10.1 Å². The Morgan fingerprint density at radius 2 is 1.95 bits per heavy atom. The molecule has 1 N–H and O–H groups in total. The molecule has 112 valence electrons. The van der Waals surface area contributed by atoms with E-state index >= 15 is 0 Å². The Balaban J connectivity index is 1.67. The van der Waals surface area contributed by atoms with Gasteiger partial charge < -0.3 is 10.1 Å². The Kier molecular flexibility index (Phi) is 3.95. The van der Waals surface area contributed by atoms with E-state index in [0.717, 1.165) is 30.7 Å². The molecule has 1 aromatic rings. The fraction of sp³-hybridized carbons (Fsp3) is 0.529. The standard InChI is InChI=1S/C17H21NO3/c1-21-15-7-3-6-14(10-15)18-17(20)13-8-11-4-2-5-12(9-13)16(11)19/h3,6-7,10-13H,2,4-5,8-9H2,1H3,(H,18,20). The van der Waals surface area contributed by atoms with E-state index < -0.39 is 0 Å². The first-order valence-electron chi connectivity index (χ1n) is 7.66. The highest BCUT2D eigenvalue weighted by molar-refractivity contribution is 5.95. The summed E-state index contributed by atoms with van der Waals surface area (Å²) >= 11 is 0. The lowest BCUT2D eigenvalue weighted by Crippen LogP contribution is -2.40. The molecule has 2 aliphatic rings. The van der Waals surface area contributed by atoms with E-state index in [2.05, 4.69) is 5.32 Å². The number of carbonyl (C=O) groups is 2. The van der Waals surface area contributed by atoms with Crippen LogP contribution in [-0.4, -0.2) is 18.8 Å². The van der Waals surface area contributed by atoms with Crippen LogP contribution in [0.1, 0.15) is 32.1 Å². The number of Topliss-reactive ketones (excluding diaryl/α,β-unsaturated/α-hetero) is 1. The molecular formula is C17H21NO3. The fourth-order valence-corrected chi connectivity index (χ4v) is 3.64. The van der Waals surface area contributed by atoms with E-state index in [1.54, 1.807) is 7.11 Å². The Bertz CT molecular complexity index is 539. The Labute approximate surface area is 124 Å². The van der Waals surface area contributed by atoms with Crippen LogP contribution in [0.5, 0.6) is 5.75 Å². The molecule has 1 aromatic carbocycles. The van der Waals surface area contributed by atoms with Gasteiger partial charge in [0.15, 0.2) is 0 Å². The van der Waals surface area contributed by atoms with Gasteiger partial charge in [-0.1, -0.05) is 12.5 Å². The van der Waals surface area contributed by atoms with E-state index in [-0.39, 0.29) is 23.7 Å². The molecule has 4 nitrogen and oxygen atoms in total. The van der Waals surface area contributed by atoms with Crippen LogP contribution in [0.25, 0.3) is 0 Å². The minimum atomic E-state index is -0.0378. The monoisotopic (exact) mass is 287 g/mol. The van der Waals surface area contributed by atoms with Crippen LogP contribution in [0.3, 0.4) is 0 Å². The number of carbonyl (C=O) groups excluding carboxylic acids is 2. The summed E-state index contributed by atoms with van der Waals surface area (Å²) in [5.74, 6) is 1.34. The summed E-state index contributed by atoms with van der Waals surface area (Å²) in [7, 11) is 1.61. The van der Waals surface area contributed by atoms with Crippen molar-refractivity contribution in [1.82, 2.24) is 0 Å². The lowest BCUT2D eigenvalue weighted by Gasteiger charge is -2.36. The number of amides is 1. The minimum Gasteiger partial charge on any atom is -0.497 e. The number of hydrogen-bond donors (Lipinski definition) is 1. The summed E-state index contributed by atoms with van der Waals surface area (Å²) in [6.07, 6.45) is 4.47. The molecule has 2 atom stereocenters. The molecule has 0 saturated heterocycles. The van der Waals surface area contributed by atoms with Crippen LogP contribution in [0.2, 0.25) is 0 Å². The molecule has 3 rings (SSSR count). The Hall–Kier alpha value is -1.84. The van der Waals surface area contributed by atoms with Gasteiger partial charge in [-0.15, -0.1) is 0 Å². The van der Waals surface area contributed by atoms with Crippen molar-refractivity contribution in [2.45, 2.75) is 32.1 Å². The normalized spacial score (nSPS) is 28.0. The maximum Gasteiger partial charge on any atom is 0.227 e. The number of hydrogen-bond acceptors (Lipinski definition) is 3. The highest BCUT2D eigenvalue weighted by Crippen LogP contribution is 2.40. The summed E-state index contributed by atoms with van der Waals surface area (Å²) in [4.78, 5) is 24.5. The molecule has 2 unspecified atom stereocenters. The van der Waals surface area contributed by atoms with E-state index in [0.29, 0.717) is 18.6 Å². The first-order chi connectivity index (χ1) is 10.2. The van der Waals surface area contributed by atoms with Gasteiger partial charge in [0.25, 0.3) is 0 Å². The minimum absolute atomic E-state index is 0.0349. The van der Waals surface area contributed by atoms with Crippen molar-refractivity contribution < 1.29 is 14.3 Å². The van der Waals surface area contributed by atoms with Crippen molar-refractivity contribution in [3.63, 3.8) is 0 Å². The van der Waals surface area contributed by atoms with Gasteiger partial charge in [-0.3, -0.25) is 9.59 Å². The second-order valence-corrected chi connectivity index (χ2v) is 6.12. The molecule has 0 aromatic heterocycles. The van der Waals surface area contributed by atoms with E-state index in [9.17, 15) is 9.59 Å². The molecule has 2 fully saturated rings. The third-order valence-electron chi connectivity index (χ3n) is 4.76. The van der Waals surface area contributed by atoms with Crippen LogP contribution >= 0.6 is 0 Å². The number of ether oxygens (including phenoxy) is 1. The molecule has 0 aliphatic heterocycles. The fourth-order valence-electron chi connectivity index (χ4n) is 3.64. The van der Waals surface area contributed by atoms with Gasteiger partial charge in [-0.2, -0.15) is 0 Å². The van der Waals surface area contributed by atoms with Crippen molar-refractivity contribution in [2.75, 3.05) is 12.4 Å². The SMILES string of the molecule is COc1cccc(NC(=O)C2CC3CCCC(C2)C3=O)c1. The van der Waals surface area contributed by atoms with Crippen molar-refractivity contribution in [3.05, 3.63) is 24.3 Å².